The van der Waals surface area contributed by atoms with Crippen LogP contribution in [0, 0.1) is 0 Å². The van der Waals surface area contributed by atoms with Crippen LogP contribution in [-0.4, -0.2) is 32.1 Å². The lowest BCUT2D eigenvalue weighted by Gasteiger charge is -2.12. The zero-order valence-electron chi connectivity index (χ0n) is 11.4. The summed E-state index contributed by atoms with van der Waals surface area (Å²) in [5.41, 5.74) is 1.31. The normalized spacial score (nSPS) is 10.1. The van der Waals surface area contributed by atoms with Crippen LogP contribution in [0.2, 0.25) is 0 Å². The molecule has 0 saturated heterocycles. The fourth-order valence-electron chi connectivity index (χ4n) is 1.64. The Balaban J connectivity index is 2.76. The van der Waals surface area contributed by atoms with Gasteiger partial charge in [0, 0.05) is 18.1 Å². The molecule has 1 aromatic rings. The van der Waals surface area contributed by atoms with E-state index in [4.69, 9.17) is 21.1 Å². The van der Waals surface area contributed by atoms with Gasteiger partial charge in [-0.25, -0.2) is 4.79 Å². The quantitative estimate of drug-likeness (QED) is 0.452. The summed E-state index contributed by atoms with van der Waals surface area (Å²) in [4.78, 5) is 11.7. The van der Waals surface area contributed by atoms with Gasteiger partial charge in [0.05, 0.1) is 13.7 Å². The highest BCUT2D eigenvalue weighted by atomic mass is 35.5. The molecular formula is C14H20ClNO3. The van der Waals surface area contributed by atoms with Gasteiger partial charge in [-0.2, -0.15) is 0 Å². The van der Waals surface area contributed by atoms with Crippen molar-refractivity contribution in [2.75, 3.05) is 31.5 Å². The Morgan fingerprint density at radius 3 is 2.79 bits per heavy atom. The molecule has 0 spiro atoms. The van der Waals surface area contributed by atoms with Crippen LogP contribution >= 0.6 is 11.6 Å². The van der Waals surface area contributed by atoms with Crippen LogP contribution < -0.4 is 10.1 Å². The van der Waals surface area contributed by atoms with Crippen LogP contribution in [0.1, 0.15) is 30.1 Å². The Bertz CT molecular complexity index is 410. The molecule has 0 aromatic heterocycles. The van der Waals surface area contributed by atoms with Crippen LogP contribution in [0.5, 0.6) is 5.75 Å². The molecule has 19 heavy (non-hydrogen) atoms. The van der Waals surface area contributed by atoms with E-state index in [1.165, 1.54) is 7.11 Å². The van der Waals surface area contributed by atoms with Gasteiger partial charge in [0.15, 0.2) is 0 Å². The van der Waals surface area contributed by atoms with Crippen molar-refractivity contribution in [3.63, 3.8) is 0 Å². The molecule has 1 N–H and O–H groups in total. The number of halogens is 1. The second-order valence-corrected chi connectivity index (χ2v) is 4.34. The molecule has 1 aromatic carbocycles. The maximum absolute atomic E-state index is 11.7. The lowest BCUT2D eigenvalue weighted by molar-refractivity contribution is 0.0596. The molecule has 0 aliphatic carbocycles. The highest BCUT2D eigenvalue weighted by Gasteiger charge is 2.13. The van der Waals surface area contributed by atoms with Crippen molar-refractivity contribution >= 4 is 23.3 Å². The van der Waals surface area contributed by atoms with E-state index in [9.17, 15) is 4.79 Å². The van der Waals surface area contributed by atoms with Crippen molar-refractivity contribution in [3.8, 4) is 5.75 Å². The number of benzene rings is 1. The van der Waals surface area contributed by atoms with Crippen molar-refractivity contribution in [2.24, 2.45) is 0 Å². The Kier molecular flexibility index (Phi) is 7.11. The lowest BCUT2D eigenvalue weighted by atomic mass is 10.1. The van der Waals surface area contributed by atoms with E-state index in [0.717, 1.165) is 25.1 Å². The maximum Gasteiger partial charge on any atom is 0.341 e. The van der Waals surface area contributed by atoms with Crippen molar-refractivity contribution < 1.29 is 14.3 Å². The van der Waals surface area contributed by atoms with Crippen LogP contribution in [0.25, 0.3) is 0 Å². The van der Waals surface area contributed by atoms with Crippen molar-refractivity contribution in [1.29, 1.82) is 0 Å². The molecule has 0 amide bonds. The minimum atomic E-state index is -0.396. The summed E-state index contributed by atoms with van der Waals surface area (Å²) in [5, 5.41) is 3.25. The van der Waals surface area contributed by atoms with Crippen molar-refractivity contribution in [1.82, 2.24) is 0 Å². The van der Waals surface area contributed by atoms with Crippen LogP contribution in [0.3, 0.4) is 0 Å². The molecular weight excluding hydrogens is 266 g/mol. The fourth-order valence-corrected chi connectivity index (χ4v) is 1.83. The lowest BCUT2D eigenvalue weighted by Crippen LogP contribution is -2.08. The average Bonchev–Trinajstić information content (AvgIpc) is 2.44. The number of nitrogens with one attached hydrogen (secondary N) is 1. The highest BCUT2D eigenvalue weighted by molar-refractivity contribution is 6.17. The van der Waals surface area contributed by atoms with E-state index < -0.39 is 5.97 Å². The third-order valence-electron chi connectivity index (χ3n) is 2.57. The summed E-state index contributed by atoms with van der Waals surface area (Å²) in [5.74, 6) is 0.812. The van der Waals surface area contributed by atoms with Crippen LogP contribution in [0.4, 0.5) is 5.69 Å². The van der Waals surface area contributed by atoms with Gasteiger partial charge in [-0.15, -0.1) is 11.6 Å². The summed E-state index contributed by atoms with van der Waals surface area (Å²) in [7, 11) is 1.36. The Morgan fingerprint density at radius 2 is 2.16 bits per heavy atom. The number of alkyl halides is 1. The molecule has 1 rings (SSSR count). The van der Waals surface area contributed by atoms with Gasteiger partial charge in [-0.1, -0.05) is 0 Å². The van der Waals surface area contributed by atoms with Gasteiger partial charge in [0.1, 0.15) is 11.3 Å². The molecule has 0 atom stereocenters. The van der Waals surface area contributed by atoms with Crippen LogP contribution in [0.15, 0.2) is 18.2 Å². The summed E-state index contributed by atoms with van der Waals surface area (Å²) < 4.78 is 10.2. The Morgan fingerprint density at radius 1 is 1.37 bits per heavy atom. The van der Waals surface area contributed by atoms with Gasteiger partial charge in [-0.05, 0) is 38.0 Å². The zero-order valence-corrected chi connectivity index (χ0v) is 12.1. The van der Waals surface area contributed by atoms with E-state index in [1.807, 2.05) is 13.0 Å². The van der Waals surface area contributed by atoms with E-state index in [2.05, 4.69) is 5.32 Å². The van der Waals surface area contributed by atoms with E-state index in [0.29, 0.717) is 23.8 Å². The summed E-state index contributed by atoms with van der Waals surface area (Å²) >= 11 is 5.62. The van der Waals surface area contributed by atoms with Crippen molar-refractivity contribution in [3.05, 3.63) is 23.8 Å². The topological polar surface area (TPSA) is 47.6 Å². The molecule has 0 heterocycles. The van der Waals surface area contributed by atoms with Gasteiger partial charge in [0.25, 0.3) is 0 Å². The molecule has 106 valence electrons. The molecule has 0 aliphatic heterocycles. The minimum Gasteiger partial charge on any atom is -0.493 e. The van der Waals surface area contributed by atoms with Crippen LogP contribution in [-0.2, 0) is 4.74 Å². The Labute approximate surface area is 119 Å². The first-order valence-corrected chi connectivity index (χ1v) is 6.91. The fraction of sp³-hybridized carbons (Fsp3) is 0.500. The number of hydrogen-bond acceptors (Lipinski definition) is 4. The minimum absolute atomic E-state index is 0.396. The summed E-state index contributed by atoms with van der Waals surface area (Å²) in [6.07, 6.45) is 1.96. The summed E-state index contributed by atoms with van der Waals surface area (Å²) in [6, 6.07) is 5.41. The molecule has 0 aliphatic rings. The number of carbonyl (C=O) groups is 1. The smallest absolute Gasteiger partial charge is 0.341 e. The first-order chi connectivity index (χ1) is 9.22. The van der Waals surface area contributed by atoms with E-state index in [-0.39, 0.29) is 0 Å². The average molecular weight is 286 g/mol. The number of ether oxygens (including phenoxy) is 2. The largest absolute Gasteiger partial charge is 0.493 e. The molecule has 0 saturated carbocycles. The van der Waals surface area contributed by atoms with Gasteiger partial charge >= 0.3 is 5.97 Å². The maximum atomic E-state index is 11.7. The number of hydrogen-bond donors (Lipinski definition) is 1. The standard InChI is InChI=1S/C14H20ClNO3/c1-3-19-13-7-6-11(16-9-5-4-8-15)10-12(13)14(17)18-2/h6-7,10,16H,3-5,8-9H2,1-2H3. The second kappa shape index (κ2) is 8.64. The SMILES string of the molecule is CCOc1ccc(NCCCCCl)cc1C(=O)OC. The number of carbonyl (C=O) groups excluding carboxylic acids is 1. The van der Waals surface area contributed by atoms with E-state index >= 15 is 0 Å². The first-order valence-electron chi connectivity index (χ1n) is 6.38. The number of esters is 1. The first kappa shape index (κ1) is 15.6. The number of unbranched alkanes of at least 4 members (excludes halogenated alkanes) is 1. The summed E-state index contributed by atoms with van der Waals surface area (Å²) in [6.45, 7) is 3.20. The van der Waals surface area contributed by atoms with Gasteiger partial charge in [0.2, 0.25) is 0 Å². The molecule has 0 bridgehead atoms. The molecule has 5 heteroatoms. The second-order valence-electron chi connectivity index (χ2n) is 3.96. The van der Waals surface area contributed by atoms with Gasteiger partial charge in [-0.3, -0.25) is 0 Å². The molecule has 4 nitrogen and oxygen atoms in total. The monoisotopic (exact) mass is 285 g/mol. The molecule has 0 unspecified atom stereocenters. The predicted octanol–water partition coefficient (Wildman–Crippen LogP) is 3.30. The molecule has 0 radical (unpaired) electrons. The Hall–Kier alpha value is -1.42. The third-order valence-corrected chi connectivity index (χ3v) is 2.84. The number of methoxy groups -OCH3 is 1. The van der Waals surface area contributed by atoms with Crippen molar-refractivity contribution in [2.45, 2.75) is 19.8 Å². The predicted molar refractivity (Wildman–Crippen MR) is 77.4 cm³/mol. The number of rotatable bonds is 8. The highest BCUT2D eigenvalue weighted by Crippen LogP contribution is 2.23. The van der Waals surface area contributed by atoms with E-state index in [1.54, 1.807) is 12.1 Å². The third kappa shape index (κ3) is 4.99. The molecule has 0 fully saturated rings. The van der Waals surface area contributed by atoms with Gasteiger partial charge < -0.3 is 14.8 Å². The number of anilines is 1. The zero-order chi connectivity index (χ0) is 14.1.